The van der Waals surface area contributed by atoms with Crippen molar-refractivity contribution in [3.05, 3.63) is 0 Å². The van der Waals surface area contributed by atoms with Crippen LogP contribution in [0.5, 0.6) is 0 Å². The lowest BCUT2D eigenvalue weighted by atomic mass is 10.1. The smallest absolute Gasteiger partial charge is 0.324 e. The van der Waals surface area contributed by atoms with Crippen LogP contribution in [0, 0.1) is 0 Å². The third kappa shape index (κ3) is 2.66. The maximum atomic E-state index is 11.5. The Morgan fingerprint density at radius 1 is 1.40 bits per heavy atom. The van der Waals surface area contributed by atoms with Gasteiger partial charge in [0.15, 0.2) is 0 Å². The van der Waals surface area contributed by atoms with E-state index in [1.54, 1.807) is 0 Å². The van der Waals surface area contributed by atoms with Crippen molar-refractivity contribution < 1.29 is 22.6 Å². The fourth-order valence-corrected chi connectivity index (χ4v) is 1.64. The molecule has 8 heteroatoms. The molecule has 86 valence electrons. The van der Waals surface area contributed by atoms with E-state index in [1.807, 2.05) is 0 Å². The minimum Gasteiger partial charge on any atom is -0.324 e. The molecule has 1 heterocycles. The molecule has 1 rings (SSSR count). The summed E-state index contributed by atoms with van der Waals surface area (Å²) in [5.41, 5.74) is -1.02. The number of urea groups is 1. The Morgan fingerprint density at radius 3 is 2.27 bits per heavy atom. The van der Waals surface area contributed by atoms with Crippen LogP contribution in [-0.4, -0.2) is 47.6 Å². The third-order valence-electron chi connectivity index (χ3n) is 2.02. The van der Waals surface area contributed by atoms with Crippen LogP contribution in [0.25, 0.3) is 0 Å². The standard InChI is InChI=1S/C7H12N2O5S/c1-7(2)5(10)9(6(11)8-7)3-4-15(12,13)14/h3-4H2,1-2H3,(H,8,11)(H,12,13,14). The first-order chi connectivity index (χ1) is 6.63. The van der Waals surface area contributed by atoms with Crippen LogP contribution in [0.4, 0.5) is 4.79 Å². The van der Waals surface area contributed by atoms with Gasteiger partial charge in [-0.1, -0.05) is 0 Å². The highest BCUT2D eigenvalue weighted by atomic mass is 32.2. The third-order valence-corrected chi connectivity index (χ3v) is 2.72. The Morgan fingerprint density at radius 2 is 1.93 bits per heavy atom. The van der Waals surface area contributed by atoms with Gasteiger partial charge < -0.3 is 5.32 Å². The van der Waals surface area contributed by atoms with Crippen LogP contribution in [0.3, 0.4) is 0 Å². The van der Waals surface area contributed by atoms with Gasteiger partial charge in [-0.25, -0.2) is 4.79 Å². The Balaban J connectivity index is 2.73. The van der Waals surface area contributed by atoms with Crippen LogP contribution in [0.1, 0.15) is 13.8 Å². The second-order valence-corrected chi connectivity index (χ2v) is 5.37. The fourth-order valence-electron chi connectivity index (χ4n) is 1.23. The van der Waals surface area contributed by atoms with E-state index in [1.165, 1.54) is 13.8 Å². The van der Waals surface area contributed by atoms with Crippen molar-refractivity contribution in [1.29, 1.82) is 0 Å². The van der Waals surface area contributed by atoms with E-state index in [4.69, 9.17) is 4.55 Å². The highest BCUT2D eigenvalue weighted by Crippen LogP contribution is 2.16. The number of hydrogen-bond acceptors (Lipinski definition) is 4. The minimum absolute atomic E-state index is 0.340. The SMILES string of the molecule is CC1(C)NC(=O)N(CCS(=O)(=O)O)C1=O. The molecule has 2 N–H and O–H groups in total. The maximum Gasteiger partial charge on any atom is 0.325 e. The van der Waals surface area contributed by atoms with Gasteiger partial charge >= 0.3 is 6.03 Å². The summed E-state index contributed by atoms with van der Waals surface area (Å²) in [4.78, 5) is 23.5. The number of hydrogen-bond donors (Lipinski definition) is 2. The highest BCUT2D eigenvalue weighted by Gasteiger charge is 2.44. The molecule has 15 heavy (non-hydrogen) atoms. The minimum atomic E-state index is -4.17. The summed E-state index contributed by atoms with van der Waals surface area (Å²) in [7, 11) is -4.17. The quantitative estimate of drug-likeness (QED) is 0.493. The summed E-state index contributed by atoms with van der Waals surface area (Å²) in [6, 6.07) is -0.645. The lowest BCUT2D eigenvalue weighted by Crippen LogP contribution is -2.40. The topological polar surface area (TPSA) is 104 Å². The molecule has 1 aliphatic rings. The molecular formula is C7H12N2O5S. The largest absolute Gasteiger partial charge is 0.325 e. The number of carbonyl (C=O) groups excluding carboxylic acids is 2. The van der Waals surface area contributed by atoms with E-state index in [9.17, 15) is 18.0 Å². The second kappa shape index (κ2) is 3.46. The maximum absolute atomic E-state index is 11.5. The molecule has 0 radical (unpaired) electrons. The molecule has 0 aliphatic carbocycles. The van der Waals surface area contributed by atoms with E-state index in [2.05, 4.69) is 5.32 Å². The van der Waals surface area contributed by atoms with Crippen LogP contribution in [-0.2, 0) is 14.9 Å². The van der Waals surface area contributed by atoms with Gasteiger partial charge in [-0.3, -0.25) is 14.2 Å². The van der Waals surface area contributed by atoms with Crippen molar-refractivity contribution in [3.8, 4) is 0 Å². The van der Waals surface area contributed by atoms with Crippen molar-refractivity contribution >= 4 is 22.1 Å². The number of nitrogens with zero attached hydrogens (tertiary/aromatic N) is 1. The molecule has 0 unspecified atom stereocenters. The number of amides is 3. The van der Waals surface area contributed by atoms with E-state index in [0.717, 1.165) is 4.90 Å². The highest BCUT2D eigenvalue weighted by molar-refractivity contribution is 7.85. The fraction of sp³-hybridized carbons (Fsp3) is 0.714. The Kier molecular flexibility index (Phi) is 2.75. The van der Waals surface area contributed by atoms with Crippen molar-refractivity contribution in [2.75, 3.05) is 12.3 Å². The molecule has 7 nitrogen and oxygen atoms in total. The van der Waals surface area contributed by atoms with Gasteiger partial charge in [0.1, 0.15) is 5.54 Å². The van der Waals surface area contributed by atoms with Gasteiger partial charge in [-0.2, -0.15) is 8.42 Å². The monoisotopic (exact) mass is 236 g/mol. The first-order valence-corrected chi connectivity index (χ1v) is 5.84. The molecule has 0 spiro atoms. The molecule has 0 aromatic rings. The molecule has 0 bridgehead atoms. The first-order valence-electron chi connectivity index (χ1n) is 4.23. The summed E-state index contributed by atoms with van der Waals surface area (Å²) in [5.74, 6) is -1.15. The Hall–Kier alpha value is -1.15. The number of nitrogens with one attached hydrogen (secondary N) is 1. The van der Waals surface area contributed by atoms with E-state index in [-0.39, 0.29) is 6.54 Å². The van der Waals surface area contributed by atoms with Crippen molar-refractivity contribution in [1.82, 2.24) is 10.2 Å². The van der Waals surface area contributed by atoms with Crippen LogP contribution in [0.2, 0.25) is 0 Å². The molecule has 0 aromatic heterocycles. The lowest BCUT2D eigenvalue weighted by Gasteiger charge is -2.15. The average molecular weight is 236 g/mol. The Bertz CT molecular complexity index is 400. The predicted octanol–water partition coefficient (Wildman–Crippen LogP) is -0.795. The van der Waals surface area contributed by atoms with Gasteiger partial charge in [0.25, 0.3) is 16.0 Å². The molecule has 0 aromatic carbocycles. The zero-order valence-electron chi connectivity index (χ0n) is 8.35. The van der Waals surface area contributed by atoms with Gasteiger partial charge in [0.2, 0.25) is 0 Å². The molecule has 0 saturated carbocycles. The zero-order chi connectivity index (χ0) is 11.9. The lowest BCUT2D eigenvalue weighted by molar-refractivity contribution is -0.130. The van der Waals surface area contributed by atoms with E-state index >= 15 is 0 Å². The Labute approximate surface area is 87.2 Å². The van der Waals surface area contributed by atoms with Crippen molar-refractivity contribution in [2.45, 2.75) is 19.4 Å². The summed E-state index contributed by atoms with van der Waals surface area (Å²) in [6.45, 7) is 2.69. The van der Waals surface area contributed by atoms with E-state index in [0.29, 0.717) is 0 Å². The molecule has 1 saturated heterocycles. The number of imide groups is 1. The van der Waals surface area contributed by atoms with Crippen LogP contribution >= 0.6 is 0 Å². The van der Waals surface area contributed by atoms with Crippen molar-refractivity contribution in [3.63, 3.8) is 0 Å². The molecule has 0 atom stereocenters. The van der Waals surface area contributed by atoms with Gasteiger partial charge in [0.05, 0.1) is 5.75 Å². The molecule has 1 aliphatic heterocycles. The van der Waals surface area contributed by atoms with Gasteiger partial charge in [0, 0.05) is 6.54 Å². The molecule has 3 amide bonds. The summed E-state index contributed by atoms with van der Waals surface area (Å²) < 4.78 is 29.4. The number of carbonyl (C=O) groups is 2. The molecule has 1 fully saturated rings. The predicted molar refractivity (Wildman–Crippen MR) is 50.7 cm³/mol. The van der Waals surface area contributed by atoms with Crippen LogP contribution in [0.15, 0.2) is 0 Å². The second-order valence-electron chi connectivity index (χ2n) is 3.80. The average Bonchev–Trinajstić information content (AvgIpc) is 2.18. The van der Waals surface area contributed by atoms with E-state index < -0.39 is 33.3 Å². The van der Waals surface area contributed by atoms with Crippen LogP contribution < -0.4 is 5.32 Å². The molecular weight excluding hydrogens is 224 g/mol. The van der Waals surface area contributed by atoms with Crippen molar-refractivity contribution in [2.24, 2.45) is 0 Å². The summed E-state index contributed by atoms with van der Waals surface area (Å²) in [6.07, 6.45) is 0. The normalized spacial score (nSPS) is 20.6. The first kappa shape index (κ1) is 11.9. The summed E-state index contributed by atoms with van der Waals surface area (Å²) >= 11 is 0. The number of rotatable bonds is 3. The van der Waals surface area contributed by atoms with Gasteiger partial charge in [-0.15, -0.1) is 0 Å². The summed E-state index contributed by atoms with van der Waals surface area (Å²) in [5, 5.41) is 2.39. The van der Waals surface area contributed by atoms with Gasteiger partial charge in [-0.05, 0) is 13.8 Å². The zero-order valence-corrected chi connectivity index (χ0v) is 9.17.